The first-order valence-corrected chi connectivity index (χ1v) is 10.2. The van der Waals surface area contributed by atoms with Gasteiger partial charge in [-0.15, -0.1) is 0 Å². The van der Waals surface area contributed by atoms with E-state index in [1.165, 1.54) is 22.3 Å². The lowest BCUT2D eigenvalue weighted by Crippen LogP contribution is -2.26. The Hall–Kier alpha value is -4.04. The number of amides is 2. The molecule has 0 saturated heterocycles. The number of nitrogens with one attached hydrogen (secondary N) is 2. The summed E-state index contributed by atoms with van der Waals surface area (Å²) in [5.74, 6) is 5.92. The molecule has 5 rings (SSSR count). The van der Waals surface area contributed by atoms with Crippen LogP contribution in [0.2, 0.25) is 0 Å². The number of ether oxygens (including phenoxy) is 1. The lowest BCUT2D eigenvalue weighted by molar-refractivity contribution is 0.0965. The van der Waals surface area contributed by atoms with E-state index in [2.05, 4.69) is 46.7 Å². The number of benzene rings is 3. The molecule has 1 heterocycles. The van der Waals surface area contributed by atoms with E-state index < -0.39 is 6.09 Å². The van der Waals surface area contributed by atoms with Crippen LogP contribution in [0.25, 0.3) is 11.1 Å². The maximum atomic E-state index is 12.2. The predicted octanol–water partition coefficient (Wildman–Crippen LogP) is 3.82. The molecule has 31 heavy (non-hydrogen) atoms. The summed E-state index contributed by atoms with van der Waals surface area (Å²) < 4.78 is 5.51. The van der Waals surface area contributed by atoms with Crippen LogP contribution in [-0.4, -0.2) is 25.2 Å². The van der Waals surface area contributed by atoms with Gasteiger partial charge in [0.1, 0.15) is 6.61 Å². The Labute approximate surface area is 180 Å². The molecule has 0 saturated carbocycles. The van der Waals surface area contributed by atoms with Gasteiger partial charge in [-0.1, -0.05) is 66.4 Å². The molecule has 5 heteroatoms. The molecule has 0 atom stereocenters. The van der Waals surface area contributed by atoms with Crippen molar-refractivity contribution in [2.24, 2.45) is 0 Å². The number of carbonyl (C=O) groups is 2. The number of hydrogen-bond donors (Lipinski definition) is 2. The molecule has 0 unspecified atom stereocenters. The molecule has 3 aromatic rings. The maximum absolute atomic E-state index is 12.2. The van der Waals surface area contributed by atoms with E-state index in [-0.39, 0.29) is 25.0 Å². The molecule has 1 aliphatic heterocycles. The maximum Gasteiger partial charge on any atom is 0.407 e. The number of rotatable bonds is 3. The van der Waals surface area contributed by atoms with Crippen molar-refractivity contribution in [3.63, 3.8) is 0 Å². The Kier molecular flexibility index (Phi) is 4.89. The standard InChI is InChI=1S/C26H20N2O3/c29-25-22-13-5-7-17(23(22)15-28-25)8-6-14-27-26(30)31-16-24-20-11-3-1-9-18(20)19-10-2-4-12-21(19)24/h1-5,7,9-13,24H,14-16H2,(H,27,30)(H,28,29). The Morgan fingerprint density at radius 3 is 2.39 bits per heavy atom. The van der Waals surface area contributed by atoms with Crippen molar-refractivity contribution in [2.75, 3.05) is 13.2 Å². The molecule has 2 amide bonds. The van der Waals surface area contributed by atoms with Crippen LogP contribution < -0.4 is 10.6 Å². The van der Waals surface area contributed by atoms with Crippen molar-refractivity contribution in [1.82, 2.24) is 10.6 Å². The second kappa shape index (κ2) is 8.00. The lowest BCUT2D eigenvalue weighted by atomic mass is 9.98. The Morgan fingerprint density at radius 1 is 0.968 bits per heavy atom. The van der Waals surface area contributed by atoms with Gasteiger partial charge in [0.15, 0.2) is 0 Å². The summed E-state index contributed by atoms with van der Waals surface area (Å²) in [6.45, 7) is 0.924. The number of hydrogen-bond acceptors (Lipinski definition) is 3. The smallest absolute Gasteiger partial charge is 0.407 e. The Morgan fingerprint density at radius 2 is 1.65 bits per heavy atom. The fourth-order valence-corrected chi connectivity index (χ4v) is 4.28. The van der Waals surface area contributed by atoms with E-state index in [4.69, 9.17) is 4.74 Å². The van der Waals surface area contributed by atoms with Crippen LogP contribution in [0, 0.1) is 11.8 Å². The predicted molar refractivity (Wildman–Crippen MR) is 118 cm³/mol. The topological polar surface area (TPSA) is 67.4 Å². The van der Waals surface area contributed by atoms with Crippen molar-refractivity contribution in [3.05, 3.63) is 94.5 Å². The van der Waals surface area contributed by atoms with Gasteiger partial charge in [0.05, 0.1) is 6.54 Å². The first-order valence-electron chi connectivity index (χ1n) is 10.2. The summed E-state index contributed by atoms with van der Waals surface area (Å²) in [6.07, 6.45) is -0.494. The normalized spacial score (nSPS) is 13.4. The minimum atomic E-state index is -0.494. The van der Waals surface area contributed by atoms with Crippen molar-refractivity contribution >= 4 is 12.0 Å². The van der Waals surface area contributed by atoms with Gasteiger partial charge >= 0.3 is 6.09 Å². The third kappa shape index (κ3) is 3.53. The van der Waals surface area contributed by atoms with Gasteiger partial charge < -0.3 is 15.4 Å². The fraction of sp³-hybridized carbons (Fsp3) is 0.154. The van der Waals surface area contributed by atoms with Crippen molar-refractivity contribution in [3.8, 4) is 23.0 Å². The molecular weight excluding hydrogens is 388 g/mol. The van der Waals surface area contributed by atoms with Gasteiger partial charge in [-0.3, -0.25) is 4.79 Å². The van der Waals surface area contributed by atoms with Crippen LogP contribution in [0.1, 0.15) is 38.5 Å². The van der Waals surface area contributed by atoms with Crippen LogP contribution in [0.4, 0.5) is 4.79 Å². The van der Waals surface area contributed by atoms with E-state index >= 15 is 0 Å². The van der Waals surface area contributed by atoms with Crippen LogP contribution >= 0.6 is 0 Å². The SMILES string of the molecule is O=C(NCC#Cc1cccc2c1CNC2=O)OCC1c2ccccc2-c2ccccc21. The Balaban J connectivity index is 1.20. The van der Waals surface area contributed by atoms with E-state index in [9.17, 15) is 9.59 Å². The van der Waals surface area contributed by atoms with Gasteiger partial charge in [0, 0.05) is 23.6 Å². The molecule has 3 aromatic carbocycles. The summed E-state index contributed by atoms with van der Waals surface area (Å²) in [5, 5.41) is 5.48. The highest BCUT2D eigenvalue weighted by atomic mass is 16.5. The first-order chi connectivity index (χ1) is 15.2. The highest BCUT2D eigenvalue weighted by Crippen LogP contribution is 2.44. The van der Waals surface area contributed by atoms with E-state index in [1.54, 1.807) is 6.07 Å². The zero-order chi connectivity index (χ0) is 21.2. The Bertz CT molecular complexity index is 1210. The molecule has 2 N–H and O–H groups in total. The highest BCUT2D eigenvalue weighted by molar-refractivity contribution is 5.99. The average molecular weight is 408 g/mol. The van der Waals surface area contributed by atoms with Crippen LogP contribution in [0.5, 0.6) is 0 Å². The summed E-state index contributed by atoms with van der Waals surface area (Å²) >= 11 is 0. The third-order valence-corrected chi connectivity index (χ3v) is 5.73. The summed E-state index contributed by atoms with van der Waals surface area (Å²) in [4.78, 5) is 23.9. The van der Waals surface area contributed by atoms with Gasteiger partial charge in [-0.05, 0) is 39.9 Å². The zero-order valence-electron chi connectivity index (χ0n) is 16.8. The molecular formula is C26H20N2O3. The second-order valence-electron chi connectivity index (χ2n) is 7.50. The minimum Gasteiger partial charge on any atom is -0.449 e. The van der Waals surface area contributed by atoms with Crippen molar-refractivity contribution in [2.45, 2.75) is 12.5 Å². The molecule has 0 fully saturated rings. The lowest BCUT2D eigenvalue weighted by Gasteiger charge is -2.14. The van der Waals surface area contributed by atoms with E-state index in [1.807, 2.05) is 36.4 Å². The van der Waals surface area contributed by atoms with Crippen molar-refractivity contribution < 1.29 is 14.3 Å². The second-order valence-corrected chi connectivity index (χ2v) is 7.50. The largest absolute Gasteiger partial charge is 0.449 e. The highest BCUT2D eigenvalue weighted by Gasteiger charge is 2.28. The fourth-order valence-electron chi connectivity index (χ4n) is 4.28. The quantitative estimate of drug-likeness (QED) is 0.648. The molecule has 2 aliphatic rings. The molecule has 152 valence electrons. The molecule has 0 aromatic heterocycles. The molecule has 0 radical (unpaired) electrons. The summed E-state index contributed by atoms with van der Waals surface area (Å²) in [7, 11) is 0. The first kappa shape index (κ1) is 19.0. The van der Waals surface area contributed by atoms with Gasteiger partial charge in [0.2, 0.25) is 0 Å². The molecule has 0 spiro atoms. The van der Waals surface area contributed by atoms with Crippen molar-refractivity contribution in [1.29, 1.82) is 0 Å². The van der Waals surface area contributed by atoms with Gasteiger partial charge in [-0.25, -0.2) is 4.79 Å². The summed E-state index contributed by atoms with van der Waals surface area (Å²) in [5.41, 5.74) is 7.11. The number of fused-ring (bicyclic) bond motifs is 4. The number of carbonyl (C=O) groups excluding carboxylic acids is 2. The average Bonchev–Trinajstić information content (AvgIpc) is 3.34. The van der Waals surface area contributed by atoms with Crippen LogP contribution in [0.3, 0.4) is 0 Å². The summed E-state index contributed by atoms with van der Waals surface area (Å²) in [6, 6.07) is 21.9. The van der Waals surface area contributed by atoms with E-state index in [0.717, 1.165) is 11.1 Å². The molecule has 1 aliphatic carbocycles. The molecule has 0 bridgehead atoms. The molecule has 5 nitrogen and oxygen atoms in total. The minimum absolute atomic E-state index is 0.0289. The van der Waals surface area contributed by atoms with Crippen LogP contribution in [0.15, 0.2) is 66.7 Å². The zero-order valence-corrected chi connectivity index (χ0v) is 16.8. The monoisotopic (exact) mass is 408 g/mol. The van der Waals surface area contributed by atoms with Gasteiger partial charge in [-0.2, -0.15) is 0 Å². The van der Waals surface area contributed by atoms with Gasteiger partial charge in [0.25, 0.3) is 5.91 Å². The third-order valence-electron chi connectivity index (χ3n) is 5.73. The van der Waals surface area contributed by atoms with E-state index in [0.29, 0.717) is 12.1 Å². The van der Waals surface area contributed by atoms with Crippen LogP contribution in [-0.2, 0) is 11.3 Å². The number of alkyl carbamates (subject to hydrolysis) is 1.